The van der Waals surface area contributed by atoms with Crippen LogP contribution in [0.4, 0.5) is 13.2 Å². The minimum Gasteiger partial charge on any atom is -0.486 e. The zero-order valence-electron chi connectivity index (χ0n) is 18.5. The molecule has 0 aliphatic rings. The molecule has 0 heterocycles. The number of rotatable bonds is 8. The lowest BCUT2D eigenvalue weighted by Gasteiger charge is -2.29. The third-order valence-corrected chi connectivity index (χ3v) is 4.17. The van der Waals surface area contributed by atoms with Gasteiger partial charge in [-0.2, -0.15) is 13.2 Å². The molecule has 30 heavy (non-hydrogen) atoms. The van der Waals surface area contributed by atoms with Gasteiger partial charge in [-0.05, 0) is 57.9 Å². The molecule has 170 valence electrons. The van der Waals surface area contributed by atoms with E-state index in [0.29, 0.717) is 0 Å². The molecule has 0 unspecified atom stereocenters. The fourth-order valence-corrected chi connectivity index (χ4v) is 2.74. The molecule has 0 aromatic heterocycles. The van der Waals surface area contributed by atoms with Crippen LogP contribution >= 0.6 is 0 Å². The van der Waals surface area contributed by atoms with E-state index in [2.05, 4.69) is 0 Å². The number of esters is 2. The summed E-state index contributed by atoms with van der Waals surface area (Å²) < 4.78 is 54.6. The average Bonchev–Trinajstić information content (AvgIpc) is 2.56. The third kappa shape index (κ3) is 8.63. The van der Waals surface area contributed by atoms with E-state index in [0.717, 1.165) is 12.1 Å². The fourth-order valence-electron chi connectivity index (χ4n) is 2.74. The molecule has 0 amide bonds. The predicted octanol–water partition coefficient (Wildman–Crippen LogP) is 5.41. The van der Waals surface area contributed by atoms with Crippen molar-refractivity contribution in [2.75, 3.05) is 0 Å². The van der Waals surface area contributed by atoms with Crippen LogP contribution in [0.5, 0.6) is 5.75 Å². The molecule has 5 nitrogen and oxygen atoms in total. The Morgan fingerprint density at radius 3 is 1.93 bits per heavy atom. The van der Waals surface area contributed by atoms with Crippen molar-refractivity contribution in [3.63, 3.8) is 0 Å². The molecule has 0 spiro atoms. The van der Waals surface area contributed by atoms with Crippen LogP contribution < -0.4 is 4.74 Å². The summed E-state index contributed by atoms with van der Waals surface area (Å²) in [6.07, 6.45) is -5.81. The van der Waals surface area contributed by atoms with E-state index >= 15 is 0 Å². The van der Waals surface area contributed by atoms with E-state index < -0.39 is 47.4 Å². The zero-order valence-corrected chi connectivity index (χ0v) is 18.5. The van der Waals surface area contributed by atoms with Crippen LogP contribution in [0.2, 0.25) is 0 Å². The molecule has 8 heteroatoms. The normalized spacial score (nSPS) is 15.3. The summed E-state index contributed by atoms with van der Waals surface area (Å²) in [6.45, 7) is 12.1. The van der Waals surface area contributed by atoms with Gasteiger partial charge < -0.3 is 14.2 Å². The van der Waals surface area contributed by atoms with Crippen molar-refractivity contribution < 1.29 is 37.0 Å². The Bertz CT molecular complexity index is 705. The number of ether oxygens (including phenoxy) is 3. The van der Waals surface area contributed by atoms with E-state index in [9.17, 15) is 22.8 Å². The number of alkyl halides is 3. The van der Waals surface area contributed by atoms with Gasteiger partial charge >= 0.3 is 18.1 Å². The van der Waals surface area contributed by atoms with E-state index in [1.165, 1.54) is 12.1 Å². The lowest BCUT2D eigenvalue weighted by molar-refractivity contribution is -0.165. The average molecular weight is 432 g/mol. The van der Waals surface area contributed by atoms with Gasteiger partial charge in [-0.1, -0.05) is 20.8 Å². The molecule has 1 aromatic rings. The van der Waals surface area contributed by atoms with Gasteiger partial charge in [0.25, 0.3) is 0 Å². The summed E-state index contributed by atoms with van der Waals surface area (Å²) in [7, 11) is 0. The molecule has 0 N–H and O–H groups in total. The quantitative estimate of drug-likeness (QED) is 0.514. The van der Waals surface area contributed by atoms with Crippen LogP contribution in [-0.4, -0.2) is 29.7 Å². The number of carbonyl (C=O) groups is 2. The largest absolute Gasteiger partial charge is 0.486 e. The molecule has 0 aliphatic heterocycles. The Kier molecular flexibility index (Phi) is 8.75. The van der Waals surface area contributed by atoms with Gasteiger partial charge in [0.15, 0.2) is 0 Å². The van der Waals surface area contributed by atoms with Crippen molar-refractivity contribution in [3.8, 4) is 5.75 Å². The highest BCUT2D eigenvalue weighted by Crippen LogP contribution is 2.31. The van der Waals surface area contributed by atoms with Crippen LogP contribution in [0.3, 0.4) is 0 Å². The van der Waals surface area contributed by atoms with Crippen molar-refractivity contribution in [1.29, 1.82) is 0 Å². The van der Waals surface area contributed by atoms with E-state index in [1.54, 1.807) is 34.6 Å². The highest BCUT2D eigenvalue weighted by molar-refractivity contribution is 5.79. The third-order valence-electron chi connectivity index (χ3n) is 4.17. The fraction of sp³-hybridized carbons (Fsp3) is 0.636. The van der Waals surface area contributed by atoms with Gasteiger partial charge in [0.2, 0.25) is 0 Å². The second-order valence-electron chi connectivity index (χ2n) is 8.68. The second kappa shape index (κ2) is 10.2. The molecule has 1 rings (SSSR count). The number of hydrogen-bond acceptors (Lipinski definition) is 5. The summed E-state index contributed by atoms with van der Waals surface area (Å²) in [4.78, 5) is 24.3. The number of halogens is 3. The molecule has 0 radical (unpaired) electrons. The number of carbonyl (C=O) groups excluding carboxylic acids is 2. The van der Waals surface area contributed by atoms with Gasteiger partial charge in [0, 0.05) is 0 Å². The van der Waals surface area contributed by atoms with Gasteiger partial charge in [-0.3, -0.25) is 9.59 Å². The van der Waals surface area contributed by atoms with Gasteiger partial charge in [0.05, 0.1) is 17.9 Å². The maximum Gasteiger partial charge on any atom is 0.416 e. The Morgan fingerprint density at radius 2 is 1.50 bits per heavy atom. The number of benzene rings is 1. The molecule has 0 aliphatic carbocycles. The zero-order chi connectivity index (χ0) is 23.3. The van der Waals surface area contributed by atoms with Crippen molar-refractivity contribution >= 4 is 11.9 Å². The summed E-state index contributed by atoms with van der Waals surface area (Å²) in [5, 5.41) is 0. The maximum absolute atomic E-state index is 12.7. The summed E-state index contributed by atoms with van der Waals surface area (Å²) in [5.74, 6) is -1.63. The number of hydrogen-bond donors (Lipinski definition) is 0. The molecular formula is C22H31F3O5. The van der Waals surface area contributed by atoms with Gasteiger partial charge in [0.1, 0.15) is 23.6 Å². The minimum absolute atomic E-state index is 0.0868. The smallest absolute Gasteiger partial charge is 0.416 e. The Hall–Kier alpha value is -2.25. The Labute approximate surface area is 175 Å². The first-order valence-electron chi connectivity index (χ1n) is 9.86. The molecular weight excluding hydrogens is 401 g/mol. The van der Waals surface area contributed by atoms with Crippen LogP contribution in [0.1, 0.15) is 60.5 Å². The lowest BCUT2D eigenvalue weighted by atomic mass is 10.0. The van der Waals surface area contributed by atoms with Crippen LogP contribution in [0, 0.1) is 11.8 Å². The van der Waals surface area contributed by atoms with E-state index in [1.807, 2.05) is 13.8 Å². The van der Waals surface area contributed by atoms with Crippen molar-refractivity contribution in [3.05, 3.63) is 29.8 Å². The lowest BCUT2D eigenvalue weighted by Crippen LogP contribution is -2.39. The molecule has 1 aromatic carbocycles. The topological polar surface area (TPSA) is 61.8 Å². The molecule has 3 atom stereocenters. The molecule has 0 saturated carbocycles. The summed E-state index contributed by atoms with van der Waals surface area (Å²) in [5.41, 5.74) is -1.42. The SMILES string of the molecule is CC(C)[C@@H](Oc1ccc(C(F)(F)F)cc1)[C@H](C)OC(=O)[C@H](C)CC(=O)OC(C)(C)C. The predicted molar refractivity (Wildman–Crippen MR) is 106 cm³/mol. The highest BCUT2D eigenvalue weighted by atomic mass is 19.4. The van der Waals surface area contributed by atoms with Crippen LogP contribution in [0.25, 0.3) is 0 Å². The van der Waals surface area contributed by atoms with Gasteiger partial charge in [-0.25, -0.2) is 0 Å². The van der Waals surface area contributed by atoms with Crippen molar-refractivity contribution in [1.82, 2.24) is 0 Å². The first kappa shape index (κ1) is 25.8. The highest BCUT2D eigenvalue weighted by Gasteiger charge is 2.32. The maximum atomic E-state index is 12.7. The Morgan fingerprint density at radius 1 is 0.967 bits per heavy atom. The molecule has 0 saturated heterocycles. The minimum atomic E-state index is -4.43. The standard InChI is InChI=1S/C22H31F3O5/c1-13(2)19(29-17-10-8-16(9-11-17)22(23,24)25)15(4)28-20(27)14(3)12-18(26)30-21(5,6)7/h8-11,13-15,19H,12H2,1-7H3/t14-,15+,19-/m1/s1. The van der Waals surface area contributed by atoms with Gasteiger partial charge in [-0.15, -0.1) is 0 Å². The molecule has 0 fully saturated rings. The van der Waals surface area contributed by atoms with Crippen LogP contribution in [-0.2, 0) is 25.2 Å². The van der Waals surface area contributed by atoms with E-state index in [-0.39, 0.29) is 18.1 Å². The first-order valence-corrected chi connectivity index (χ1v) is 9.86. The van der Waals surface area contributed by atoms with Crippen molar-refractivity contribution in [2.24, 2.45) is 11.8 Å². The van der Waals surface area contributed by atoms with Crippen molar-refractivity contribution in [2.45, 2.75) is 78.9 Å². The molecule has 0 bridgehead atoms. The summed E-state index contributed by atoms with van der Waals surface area (Å²) in [6, 6.07) is 4.34. The van der Waals surface area contributed by atoms with E-state index in [4.69, 9.17) is 14.2 Å². The monoisotopic (exact) mass is 432 g/mol. The van der Waals surface area contributed by atoms with Crippen LogP contribution in [0.15, 0.2) is 24.3 Å². The second-order valence-corrected chi connectivity index (χ2v) is 8.68. The first-order chi connectivity index (χ1) is 13.6. The summed E-state index contributed by atoms with van der Waals surface area (Å²) >= 11 is 0. The Balaban J connectivity index is 2.74.